The van der Waals surface area contributed by atoms with Gasteiger partial charge in [-0.15, -0.1) is 0 Å². The highest BCUT2D eigenvalue weighted by molar-refractivity contribution is 6.00. The van der Waals surface area contributed by atoms with Crippen LogP contribution in [0.2, 0.25) is 0 Å². The lowest BCUT2D eigenvalue weighted by Gasteiger charge is -2.35. The highest BCUT2D eigenvalue weighted by Crippen LogP contribution is 2.38. The third-order valence-corrected chi connectivity index (χ3v) is 7.82. The Bertz CT molecular complexity index is 1560. The molecule has 1 amide bonds. The number of para-hydroxylation sites is 1. The van der Waals surface area contributed by atoms with Gasteiger partial charge in [0, 0.05) is 50.9 Å². The average Bonchev–Trinajstić information content (AvgIpc) is 3.53. The summed E-state index contributed by atoms with van der Waals surface area (Å²) in [6, 6.07) is 9.85. The van der Waals surface area contributed by atoms with Gasteiger partial charge in [-0.3, -0.25) is 10.5 Å². The Balaban J connectivity index is 1.37. The summed E-state index contributed by atoms with van der Waals surface area (Å²) in [6.45, 7) is 3.84. The van der Waals surface area contributed by atoms with Gasteiger partial charge in [0.05, 0.1) is 24.0 Å². The Hall–Kier alpha value is -4.52. The third-order valence-electron chi connectivity index (χ3n) is 7.82. The Labute approximate surface area is 253 Å². The lowest BCUT2D eigenvalue weighted by molar-refractivity contribution is -0.137. The normalized spacial score (nSPS) is 18.4. The van der Waals surface area contributed by atoms with E-state index in [1.165, 1.54) is 38.8 Å². The van der Waals surface area contributed by atoms with E-state index in [2.05, 4.69) is 36.9 Å². The molecular formula is C31H36F3N7O3. The zero-order valence-electron chi connectivity index (χ0n) is 24.8. The van der Waals surface area contributed by atoms with E-state index < -0.39 is 29.2 Å². The number of halogens is 3. The van der Waals surface area contributed by atoms with Crippen LogP contribution in [-0.4, -0.2) is 53.7 Å². The number of alkyl halides is 3. The van der Waals surface area contributed by atoms with Crippen molar-refractivity contribution in [3.05, 3.63) is 71.1 Å². The predicted molar refractivity (Wildman–Crippen MR) is 161 cm³/mol. The van der Waals surface area contributed by atoms with Gasteiger partial charge in [0.25, 0.3) is 5.91 Å². The van der Waals surface area contributed by atoms with Crippen molar-refractivity contribution in [1.82, 2.24) is 20.2 Å². The van der Waals surface area contributed by atoms with Crippen LogP contribution in [0.1, 0.15) is 53.6 Å². The maximum absolute atomic E-state index is 14.0. The number of hydrogen-bond donors (Lipinski definition) is 4. The molecule has 0 bridgehead atoms. The minimum atomic E-state index is -4.75. The fourth-order valence-corrected chi connectivity index (χ4v) is 5.43. The van der Waals surface area contributed by atoms with Gasteiger partial charge < -0.3 is 30.3 Å². The topological polar surface area (TPSA) is 127 Å². The van der Waals surface area contributed by atoms with E-state index in [1.807, 2.05) is 0 Å². The van der Waals surface area contributed by atoms with Crippen molar-refractivity contribution in [2.75, 3.05) is 37.9 Å². The molecule has 10 nitrogen and oxygen atoms in total. The molecule has 2 heterocycles. The summed E-state index contributed by atoms with van der Waals surface area (Å²) in [4.78, 5) is 22.9. The first-order valence-corrected chi connectivity index (χ1v) is 14.4. The SMILES string of the molecule is CNC(=O)c1cccc(C)c1Nc1nc(Nc2ccc(O[C@]3(N)CC=C(N4CCCC4)CC3)cc2OC)ncc1C(F)(F)F. The monoisotopic (exact) mass is 611 g/mol. The van der Waals surface area contributed by atoms with E-state index in [-0.39, 0.29) is 17.2 Å². The molecule has 1 aliphatic heterocycles. The van der Waals surface area contributed by atoms with Crippen LogP contribution >= 0.6 is 0 Å². The first-order valence-electron chi connectivity index (χ1n) is 14.4. The molecule has 1 aliphatic carbocycles. The zero-order valence-corrected chi connectivity index (χ0v) is 24.8. The first-order chi connectivity index (χ1) is 21.0. The van der Waals surface area contributed by atoms with Crippen molar-refractivity contribution in [1.29, 1.82) is 0 Å². The molecule has 0 saturated carbocycles. The second kappa shape index (κ2) is 12.6. The summed E-state index contributed by atoms with van der Waals surface area (Å²) >= 11 is 0. The van der Waals surface area contributed by atoms with Crippen LogP contribution in [0.25, 0.3) is 0 Å². The highest BCUT2D eigenvalue weighted by Gasteiger charge is 2.36. The molecule has 2 aromatic carbocycles. The molecule has 0 unspecified atom stereocenters. The second-order valence-corrected chi connectivity index (χ2v) is 10.9. The minimum Gasteiger partial charge on any atom is -0.494 e. The molecule has 2 aliphatic rings. The number of aryl methyl sites for hydroxylation is 1. The number of rotatable bonds is 9. The number of carbonyl (C=O) groups excluding carboxylic acids is 1. The number of likely N-dealkylation sites (tertiary alicyclic amines) is 1. The van der Waals surface area contributed by atoms with Gasteiger partial charge in [-0.05, 0) is 49.9 Å². The number of anilines is 4. The number of nitrogens with two attached hydrogens (primary N) is 1. The van der Waals surface area contributed by atoms with Crippen LogP contribution in [0.15, 0.2) is 54.4 Å². The molecule has 3 aromatic rings. The molecule has 234 valence electrons. The van der Waals surface area contributed by atoms with Crippen LogP contribution < -0.4 is 31.2 Å². The molecular weight excluding hydrogens is 575 g/mol. The van der Waals surface area contributed by atoms with E-state index in [0.29, 0.717) is 41.8 Å². The summed E-state index contributed by atoms with van der Waals surface area (Å²) in [7, 11) is 2.91. The predicted octanol–water partition coefficient (Wildman–Crippen LogP) is 5.86. The van der Waals surface area contributed by atoms with Crippen molar-refractivity contribution in [3.63, 3.8) is 0 Å². The fourth-order valence-electron chi connectivity index (χ4n) is 5.43. The minimum absolute atomic E-state index is 0.121. The summed E-state index contributed by atoms with van der Waals surface area (Å²) in [5, 5.41) is 8.15. The van der Waals surface area contributed by atoms with Crippen molar-refractivity contribution in [2.45, 2.75) is 50.9 Å². The molecule has 13 heteroatoms. The van der Waals surface area contributed by atoms with Crippen LogP contribution in [0, 0.1) is 6.92 Å². The van der Waals surface area contributed by atoms with E-state index in [9.17, 15) is 18.0 Å². The number of nitrogens with zero attached hydrogens (tertiary/aromatic N) is 3. The van der Waals surface area contributed by atoms with E-state index in [4.69, 9.17) is 15.2 Å². The number of nitrogens with one attached hydrogen (secondary N) is 3. The highest BCUT2D eigenvalue weighted by atomic mass is 19.4. The largest absolute Gasteiger partial charge is 0.494 e. The molecule has 0 spiro atoms. The molecule has 1 saturated heterocycles. The van der Waals surface area contributed by atoms with Crippen molar-refractivity contribution >= 4 is 29.0 Å². The molecule has 5 N–H and O–H groups in total. The van der Waals surface area contributed by atoms with Gasteiger partial charge in [0.1, 0.15) is 22.9 Å². The smallest absolute Gasteiger partial charge is 0.421 e. The molecule has 1 atom stereocenters. The second-order valence-electron chi connectivity index (χ2n) is 10.9. The van der Waals surface area contributed by atoms with Gasteiger partial charge in [-0.1, -0.05) is 18.2 Å². The van der Waals surface area contributed by atoms with Crippen LogP contribution in [0.5, 0.6) is 11.5 Å². The van der Waals surface area contributed by atoms with Gasteiger partial charge >= 0.3 is 6.18 Å². The van der Waals surface area contributed by atoms with Gasteiger partial charge in [-0.25, -0.2) is 4.98 Å². The Morgan fingerprint density at radius 3 is 2.57 bits per heavy atom. The average molecular weight is 612 g/mol. The van der Waals surface area contributed by atoms with E-state index >= 15 is 0 Å². The number of allylic oxidation sites excluding steroid dienone is 1. The lowest BCUT2D eigenvalue weighted by Crippen LogP contribution is -2.47. The number of hydrogen-bond acceptors (Lipinski definition) is 9. The lowest BCUT2D eigenvalue weighted by atomic mass is 9.95. The standard InChI is InChI=1S/C31H36F3N7O3/c1-19-7-6-8-22(28(42)36-2)26(19)39-27-23(31(32,33)34)18-37-29(40-27)38-24-10-9-21(17-25(24)43-3)44-30(35)13-11-20(12-14-30)41-15-4-5-16-41/h6-11,17-18H,4-5,12-16,35H2,1-3H3,(H,36,42)(H2,37,38,39,40)/t30-/m1/s1. The number of amides is 1. The number of ether oxygens (including phenoxy) is 2. The number of methoxy groups -OCH3 is 1. The van der Waals surface area contributed by atoms with Crippen LogP contribution in [0.3, 0.4) is 0 Å². The van der Waals surface area contributed by atoms with Gasteiger partial charge in [0.15, 0.2) is 5.72 Å². The maximum Gasteiger partial charge on any atom is 0.421 e. The summed E-state index contributed by atoms with van der Waals surface area (Å²) in [5.74, 6) is -0.250. The van der Waals surface area contributed by atoms with Crippen molar-refractivity contribution in [3.8, 4) is 11.5 Å². The first kappa shape index (κ1) is 30.9. The molecule has 44 heavy (non-hydrogen) atoms. The maximum atomic E-state index is 14.0. The number of benzene rings is 2. The van der Waals surface area contributed by atoms with Crippen molar-refractivity contribution in [2.24, 2.45) is 5.73 Å². The molecule has 5 rings (SSSR count). The van der Waals surface area contributed by atoms with Crippen molar-refractivity contribution < 1.29 is 27.4 Å². The molecule has 1 fully saturated rings. The number of carbonyl (C=O) groups is 1. The quantitative estimate of drug-likeness (QED) is 0.220. The van der Waals surface area contributed by atoms with Crippen LogP contribution in [-0.2, 0) is 6.18 Å². The van der Waals surface area contributed by atoms with E-state index in [0.717, 1.165) is 19.5 Å². The number of aromatic nitrogens is 2. The summed E-state index contributed by atoms with van der Waals surface area (Å²) in [6.07, 6.45) is 2.57. The Morgan fingerprint density at radius 1 is 1.14 bits per heavy atom. The van der Waals surface area contributed by atoms with Crippen LogP contribution in [0.4, 0.5) is 36.3 Å². The molecule has 1 aromatic heterocycles. The fraction of sp³-hybridized carbons (Fsp3) is 0.387. The Kier molecular flexibility index (Phi) is 8.86. The van der Waals surface area contributed by atoms with Gasteiger partial charge in [0.2, 0.25) is 5.95 Å². The summed E-state index contributed by atoms with van der Waals surface area (Å²) < 4.78 is 53.6. The third kappa shape index (κ3) is 6.83. The zero-order chi connectivity index (χ0) is 31.5. The molecule has 0 radical (unpaired) electrons. The van der Waals surface area contributed by atoms with Gasteiger partial charge in [-0.2, -0.15) is 18.2 Å². The van der Waals surface area contributed by atoms with E-state index in [1.54, 1.807) is 37.3 Å². The summed E-state index contributed by atoms with van der Waals surface area (Å²) in [5.41, 5.74) is 7.28. The Morgan fingerprint density at radius 2 is 1.91 bits per heavy atom.